The molecule has 0 aliphatic rings. The fourth-order valence-corrected chi connectivity index (χ4v) is 7.37. The van der Waals surface area contributed by atoms with Gasteiger partial charge in [0.1, 0.15) is 8.24 Å². The van der Waals surface area contributed by atoms with Gasteiger partial charge in [0.05, 0.1) is 0 Å². The molecule has 3 aromatic rings. The van der Waals surface area contributed by atoms with Crippen LogP contribution in [0.2, 0.25) is 13.1 Å². The Morgan fingerprint density at radius 2 is 1.54 bits per heavy atom. The van der Waals surface area contributed by atoms with Gasteiger partial charge < -0.3 is 10.3 Å². The molecule has 0 aliphatic carbocycles. The number of nitrogens with one attached hydrogen (secondary N) is 2. The number of rotatable bonds is 7. The molecule has 0 fully saturated rings. The van der Waals surface area contributed by atoms with E-state index in [1.807, 2.05) is 0 Å². The van der Waals surface area contributed by atoms with E-state index in [1.54, 1.807) is 0 Å². The largest absolute Gasteiger partial charge is 1.00 e. The van der Waals surface area contributed by atoms with Crippen LogP contribution >= 0.6 is 0 Å². The predicted molar refractivity (Wildman–Crippen MR) is 123 cm³/mol. The fraction of sp³-hybridized carbons (Fsp3) is 0.375. The standard InChI is InChI=1S/C24H33N2Si.Li/c1-7-24(4,8-2)26-27(5,6)23-17-22(19-14-10-11-15-20(19)23)25-21-16-12-9-13-18(21)3;/h9-17,25-26H,7-8H2,1-6H3;/q-1;+1. The SMILES string of the molecule is CCC(C)(CC)N[Si](C)(C)[c-]1cc(Nc2ccccc2C)c2ccccc21.[Li+]. The van der Waals surface area contributed by atoms with Crippen molar-refractivity contribution < 1.29 is 18.9 Å². The fourth-order valence-electron chi connectivity index (χ4n) is 3.98. The van der Waals surface area contributed by atoms with Crippen LogP contribution in [0.1, 0.15) is 39.2 Å². The summed E-state index contributed by atoms with van der Waals surface area (Å²) in [5, 5.41) is 7.88. The van der Waals surface area contributed by atoms with E-state index in [2.05, 4.69) is 106 Å². The number of aryl methyl sites for hydroxylation is 1. The molecule has 0 spiro atoms. The molecule has 2 nitrogen and oxygen atoms in total. The second-order valence-corrected chi connectivity index (χ2v) is 12.5. The second kappa shape index (κ2) is 8.97. The quantitative estimate of drug-likeness (QED) is 0.483. The Hall–Kier alpha value is -1.38. The van der Waals surface area contributed by atoms with Crippen LogP contribution in [-0.4, -0.2) is 13.8 Å². The van der Waals surface area contributed by atoms with Gasteiger partial charge in [-0.2, -0.15) is 0 Å². The summed E-state index contributed by atoms with van der Waals surface area (Å²) in [7, 11) is -1.82. The molecule has 0 radical (unpaired) electrons. The first kappa shape index (κ1) is 22.9. The maximum Gasteiger partial charge on any atom is 1.00 e. The van der Waals surface area contributed by atoms with Crippen molar-refractivity contribution in [1.82, 2.24) is 4.98 Å². The van der Waals surface area contributed by atoms with E-state index in [9.17, 15) is 0 Å². The van der Waals surface area contributed by atoms with Gasteiger partial charge in [0.25, 0.3) is 0 Å². The summed E-state index contributed by atoms with van der Waals surface area (Å²) in [6, 6.07) is 19.7. The topological polar surface area (TPSA) is 24.1 Å². The minimum absolute atomic E-state index is 0. The number of para-hydroxylation sites is 1. The van der Waals surface area contributed by atoms with Crippen LogP contribution in [0.25, 0.3) is 10.8 Å². The molecule has 0 aromatic heterocycles. The van der Waals surface area contributed by atoms with Gasteiger partial charge in [-0.15, -0.1) is 40.2 Å². The molecule has 3 aromatic carbocycles. The molecule has 0 bridgehead atoms. The average Bonchev–Trinajstić information content (AvgIpc) is 3.03. The molecular weight excluding hydrogens is 351 g/mol. The summed E-state index contributed by atoms with van der Waals surface area (Å²) in [5.41, 5.74) is 3.85. The van der Waals surface area contributed by atoms with Gasteiger partial charge >= 0.3 is 18.9 Å². The van der Waals surface area contributed by atoms with Crippen molar-refractivity contribution >= 4 is 35.6 Å². The predicted octanol–water partition coefficient (Wildman–Crippen LogP) is 3.20. The van der Waals surface area contributed by atoms with E-state index in [-0.39, 0.29) is 24.4 Å². The maximum absolute atomic E-state index is 4.08. The van der Waals surface area contributed by atoms with Gasteiger partial charge in [-0.25, -0.2) is 0 Å². The third kappa shape index (κ3) is 4.61. The molecule has 0 saturated carbocycles. The van der Waals surface area contributed by atoms with Crippen LogP contribution in [-0.2, 0) is 0 Å². The van der Waals surface area contributed by atoms with Crippen LogP contribution in [0.15, 0.2) is 54.6 Å². The van der Waals surface area contributed by atoms with Gasteiger partial charge in [0.15, 0.2) is 0 Å². The summed E-state index contributed by atoms with van der Waals surface area (Å²) < 4.78 is 0. The number of hydrogen-bond acceptors (Lipinski definition) is 2. The summed E-state index contributed by atoms with van der Waals surface area (Å²) in [6.07, 6.45) is 2.29. The first-order valence-electron chi connectivity index (χ1n) is 10.1. The Bertz CT molecular complexity index is 925. The van der Waals surface area contributed by atoms with Crippen LogP contribution in [0.3, 0.4) is 0 Å². The van der Waals surface area contributed by atoms with Gasteiger partial charge in [-0.05, 0) is 38.3 Å². The number of anilines is 2. The zero-order valence-electron chi connectivity index (χ0n) is 18.6. The third-order valence-corrected chi connectivity index (χ3v) is 9.05. The number of hydrogen-bond donors (Lipinski definition) is 2. The molecule has 144 valence electrons. The Labute approximate surface area is 183 Å². The molecule has 4 heteroatoms. The minimum atomic E-state index is -1.82. The van der Waals surface area contributed by atoms with E-state index in [0.717, 1.165) is 12.8 Å². The zero-order valence-corrected chi connectivity index (χ0v) is 19.6. The molecule has 0 unspecified atom stereocenters. The van der Waals surface area contributed by atoms with Crippen molar-refractivity contribution in [3.8, 4) is 0 Å². The van der Waals surface area contributed by atoms with Crippen molar-refractivity contribution in [3.63, 3.8) is 0 Å². The Balaban J connectivity index is 0.00000280. The van der Waals surface area contributed by atoms with Gasteiger partial charge in [0.2, 0.25) is 0 Å². The number of benzene rings is 2. The Kier molecular flexibility index (Phi) is 7.34. The molecule has 0 atom stereocenters. The first-order valence-corrected chi connectivity index (χ1v) is 13.1. The molecular formula is C24H33LiN2Si. The van der Waals surface area contributed by atoms with E-state index >= 15 is 0 Å². The van der Waals surface area contributed by atoms with Crippen molar-refractivity contribution in [2.75, 3.05) is 5.32 Å². The molecule has 0 saturated heterocycles. The summed E-state index contributed by atoms with van der Waals surface area (Å²) in [6.45, 7) is 14.0. The Morgan fingerprint density at radius 1 is 0.929 bits per heavy atom. The molecule has 28 heavy (non-hydrogen) atoms. The van der Waals surface area contributed by atoms with Crippen molar-refractivity contribution in [3.05, 3.63) is 60.2 Å². The van der Waals surface area contributed by atoms with Crippen LogP contribution < -0.4 is 34.3 Å². The van der Waals surface area contributed by atoms with E-state index in [4.69, 9.17) is 0 Å². The van der Waals surface area contributed by atoms with Gasteiger partial charge in [-0.1, -0.05) is 56.9 Å². The normalized spacial score (nSPS) is 12.1. The summed E-state index contributed by atoms with van der Waals surface area (Å²) in [4.78, 5) is 4.08. The first-order chi connectivity index (χ1) is 12.8. The average molecular weight is 385 g/mol. The third-order valence-electron chi connectivity index (χ3n) is 6.06. The second-order valence-electron chi connectivity index (χ2n) is 8.47. The maximum atomic E-state index is 4.08. The molecule has 2 N–H and O–H groups in total. The van der Waals surface area contributed by atoms with Crippen LogP contribution in [0.5, 0.6) is 0 Å². The van der Waals surface area contributed by atoms with Gasteiger partial charge in [0, 0.05) is 11.2 Å². The number of fused-ring (bicyclic) bond motifs is 1. The zero-order chi connectivity index (χ0) is 19.7. The van der Waals surface area contributed by atoms with Crippen molar-refractivity contribution in [1.29, 1.82) is 0 Å². The molecule has 0 amide bonds. The monoisotopic (exact) mass is 384 g/mol. The van der Waals surface area contributed by atoms with Gasteiger partial charge in [-0.3, -0.25) is 0 Å². The van der Waals surface area contributed by atoms with Crippen LogP contribution in [0, 0.1) is 6.92 Å². The summed E-state index contributed by atoms with van der Waals surface area (Å²) >= 11 is 0. The smallest absolute Gasteiger partial charge is 0.402 e. The van der Waals surface area contributed by atoms with Crippen molar-refractivity contribution in [2.45, 2.75) is 59.2 Å². The van der Waals surface area contributed by atoms with Crippen molar-refractivity contribution in [2.24, 2.45) is 0 Å². The van der Waals surface area contributed by atoms with E-state index in [1.165, 1.54) is 32.9 Å². The van der Waals surface area contributed by atoms with E-state index in [0.29, 0.717) is 0 Å². The molecule has 3 rings (SSSR count). The molecule has 0 heterocycles. The molecule has 0 aliphatic heterocycles. The minimum Gasteiger partial charge on any atom is -0.402 e. The Morgan fingerprint density at radius 3 is 2.18 bits per heavy atom. The van der Waals surface area contributed by atoms with E-state index < -0.39 is 8.24 Å². The summed E-state index contributed by atoms with van der Waals surface area (Å²) in [5.74, 6) is 0. The van der Waals surface area contributed by atoms with Crippen LogP contribution in [0.4, 0.5) is 11.4 Å².